The maximum absolute atomic E-state index is 10.9. The minimum absolute atomic E-state index is 0.0249. The highest BCUT2D eigenvalue weighted by molar-refractivity contribution is 4.81. The molecule has 0 aliphatic heterocycles. The second kappa shape index (κ2) is 3.15. The molecule has 54 valence electrons. The SMILES string of the molecule is CCCn1cnccc1=O. The van der Waals surface area contributed by atoms with Crippen LogP contribution in [0.4, 0.5) is 0 Å². The summed E-state index contributed by atoms with van der Waals surface area (Å²) in [7, 11) is 0. The molecule has 1 aromatic rings. The van der Waals surface area contributed by atoms with E-state index in [0.717, 1.165) is 13.0 Å². The van der Waals surface area contributed by atoms with Crippen molar-refractivity contribution in [2.75, 3.05) is 0 Å². The summed E-state index contributed by atoms with van der Waals surface area (Å²) in [5.41, 5.74) is 0.0249. The van der Waals surface area contributed by atoms with Gasteiger partial charge in [0.15, 0.2) is 0 Å². The van der Waals surface area contributed by atoms with Crippen LogP contribution in [0, 0.1) is 0 Å². The van der Waals surface area contributed by atoms with Crippen LogP contribution in [0.1, 0.15) is 13.3 Å². The van der Waals surface area contributed by atoms with Crippen molar-refractivity contribution < 1.29 is 0 Å². The molecule has 0 amide bonds. The highest BCUT2D eigenvalue weighted by Crippen LogP contribution is 1.81. The number of nitrogens with zero attached hydrogens (tertiary/aromatic N) is 2. The third-order valence-corrected chi connectivity index (χ3v) is 1.26. The lowest BCUT2D eigenvalue weighted by Crippen LogP contribution is -2.18. The fraction of sp³-hybridized carbons (Fsp3) is 0.429. The summed E-state index contributed by atoms with van der Waals surface area (Å²) in [6, 6.07) is 1.47. The van der Waals surface area contributed by atoms with Gasteiger partial charge in [-0.15, -0.1) is 0 Å². The van der Waals surface area contributed by atoms with Gasteiger partial charge in [-0.1, -0.05) is 6.92 Å². The van der Waals surface area contributed by atoms with Crippen LogP contribution in [0.25, 0.3) is 0 Å². The highest BCUT2D eigenvalue weighted by atomic mass is 16.1. The van der Waals surface area contributed by atoms with Crippen molar-refractivity contribution in [3.05, 3.63) is 28.9 Å². The van der Waals surface area contributed by atoms with E-state index in [-0.39, 0.29) is 5.56 Å². The first-order valence-electron chi connectivity index (χ1n) is 3.35. The summed E-state index contributed by atoms with van der Waals surface area (Å²) >= 11 is 0. The number of rotatable bonds is 2. The van der Waals surface area contributed by atoms with E-state index in [1.165, 1.54) is 12.3 Å². The van der Waals surface area contributed by atoms with Crippen molar-refractivity contribution in [1.82, 2.24) is 9.55 Å². The minimum atomic E-state index is 0.0249. The predicted octanol–water partition coefficient (Wildman–Crippen LogP) is 0.653. The average Bonchev–Trinajstić information content (AvgIpc) is 1.94. The minimum Gasteiger partial charge on any atom is -0.299 e. The zero-order valence-electron chi connectivity index (χ0n) is 5.95. The van der Waals surface area contributed by atoms with Gasteiger partial charge in [0, 0.05) is 18.8 Å². The van der Waals surface area contributed by atoms with E-state index < -0.39 is 0 Å². The van der Waals surface area contributed by atoms with Crippen molar-refractivity contribution in [1.29, 1.82) is 0 Å². The molecule has 0 unspecified atom stereocenters. The van der Waals surface area contributed by atoms with E-state index >= 15 is 0 Å². The second-order valence-electron chi connectivity index (χ2n) is 2.11. The molecule has 1 heterocycles. The zero-order valence-corrected chi connectivity index (χ0v) is 5.95. The van der Waals surface area contributed by atoms with Gasteiger partial charge in [0.1, 0.15) is 0 Å². The normalized spacial score (nSPS) is 9.70. The monoisotopic (exact) mass is 138 g/mol. The first kappa shape index (κ1) is 6.99. The van der Waals surface area contributed by atoms with Crippen LogP contribution >= 0.6 is 0 Å². The van der Waals surface area contributed by atoms with Gasteiger partial charge in [0.2, 0.25) is 0 Å². The molecule has 3 heteroatoms. The molecule has 0 saturated carbocycles. The van der Waals surface area contributed by atoms with Crippen molar-refractivity contribution >= 4 is 0 Å². The molecular weight excluding hydrogens is 128 g/mol. The molecular formula is C7H10N2O. The Labute approximate surface area is 59.3 Å². The maximum Gasteiger partial charge on any atom is 0.253 e. The summed E-state index contributed by atoms with van der Waals surface area (Å²) in [5.74, 6) is 0. The van der Waals surface area contributed by atoms with Crippen LogP contribution < -0.4 is 5.56 Å². The van der Waals surface area contributed by atoms with Crippen molar-refractivity contribution in [2.24, 2.45) is 0 Å². The van der Waals surface area contributed by atoms with Gasteiger partial charge in [0.05, 0.1) is 6.33 Å². The molecule has 1 rings (SSSR count). The smallest absolute Gasteiger partial charge is 0.253 e. The first-order chi connectivity index (χ1) is 4.84. The van der Waals surface area contributed by atoms with E-state index in [1.807, 2.05) is 6.92 Å². The lowest BCUT2D eigenvalue weighted by Gasteiger charge is -1.98. The van der Waals surface area contributed by atoms with E-state index in [0.29, 0.717) is 0 Å². The Bertz CT molecular complexity index is 254. The summed E-state index contributed by atoms with van der Waals surface area (Å²) in [4.78, 5) is 14.8. The Morgan fingerprint density at radius 1 is 1.70 bits per heavy atom. The van der Waals surface area contributed by atoms with Crippen LogP contribution in [-0.2, 0) is 6.54 Å². The Hall–Kier alpha value is -1.12. The lowest BCUT2D eigenvalue weighted by molar-refractivity contribution is 0.640. The van der Waals surface area contributed by atoms with Gasteiger partial charge in [-0.3, -0.25) is 9.36 Å². The molecule has 0 aliphatic carbocycles. The van der Waals surface area contributed by atoms with Gasteiger partial charge >= 0.3 is 0 Å². The number of aromatic nitrogens is 2. The molecule has 0 bridgehead atoms. The Morgan fingerprint density at radius 2 is 2.50 bits per heavy atom. The molecule has 0 fully saturated rings. The van der Waals surface area contributed by atoms with Gasteiger partial charge in [-0.05, 0) is 6.42 Å². The molecule has 0 N–H and O–H groups in total. The number of hydrogen-bond donors (Lipinski definition) is 0. The topological polar surface area (TPSA) is 34.9 Å². The summed E-state index contributed by atoms with van der Waals surface area (Å²) in [6.07, 6.45) is 4.03. The Morgan fingerprint density at radius 3 is 3.10 bits per heavy atom. The van der Waals surface area contributed by atoms with Gasteiger partial charge < -0.3 is 0 Å². The summed E-state index contributed by atoms with van der Waals surface area (Å²) in [6.45, 7) is 2.78. The molecule has 0 aliphatic rings. The molecule has 0 spiro atoms. The third-order valence-electron chi connectivity index (χ3n) is 1.26. The number of aryl methyl sites for hydroxylation is 1. The van der Waals surface area contributed by atoms with Crippen LogP contribution in [0.2, 0.25) is 0 Å². The van der Waals surface area contributed by atoms with Crippen molar-refractivity contribution in [3.63, 3.8) is 0 Å². The maximum atomic E-state index is 10.9. The molecule has 0 atom stereocenters. The zero-order chi connectivity index (χ0) is 7.40. The lowest BCUT2D eigenvalue weighted by atomic mass is 10.5. The fourth-order valence-electron chi connectivity index (χ4n) is 0.787. The Kier molecular flexibility index (Phi) is 2.20. The van der Waals surface area contributed by atoms with Crippen LogP contribution in [0.15, 0.2) is 23.4 Å². The summed E-state index contributed by atoms with van der Waals surface area (Å²) in [5, 5.41) is 0. The van der Waals surface area contributed by atoms with Crippen molar-refractivity contribution in [2.45, 2.75) is 19.9 Å². The average molecular weight is 138 g/mol. The second-order valence-corrected chi connectivity index (χ2v) is 2.11. The van der Waals surface area contributed by atoms with Gasteiger partial charge in [0.25, 0.3) is 5.56 Å². The standard InChI is InChI=1S/C7H10N2O/c1-2-5-9-6-8-4-3-7(9)10/h3-4,6H,2,5H2,1H3. The highest BCUT2D eigenvalue weighted by Gasteiger charge is 1.89. The molecule has 3 nitrogen and oxygen atoms in total. The molecule has 0 saturated heterocycles. The molecule has 1 aromatic heterocycles. The largest absolute Gasteiger partial charge is 0.299 e. The quantitative estimate of drug-likeness (QED) is 0.601. The summed E-state index contributed by atoms with van der Waals surface area (Å²) < 4.78 is 1.60. The van der Waals surface area contributed by atoms with Gasteiger partial charge in [-0.2, -0.15) is 0 Å². The van der Waals surface area contributed by atoms with Gasteiger partial charge in [-0.25, -0.2) is 4.98 Å². The van der Waals surface area contributed by atoms with Crippen molar-refractivity contribution in [3.8, 4) is 0 Å². The van der Waals surface area contributed by atoms with E-state index in [4.69, 9.17) is 0 Å². The van der Waals surface area contributed by atoms with E-state index in [2.05, 4.69) is 4.98 Å². The fourth-order valence-corrected chi connectivity index (χ4v) is 0.787. The van der Waals surface area contributed by atoms with E-state index in [9.17, 15) is 4.79 Å². The van der Waals surface area contributed by atoms with Crippen LogP contribution in [0.5, 0.6) is 0 Å². The van der Waals surface area contributed by atoms with E-state index in [1.54, 1.807) is 10.9 Å². The molecule has 10 heavy (non-hydrogen) atoms. The Balaban J connectivity index is 2.92. The third kappa shape index (κ3) is 1.43. The van der Waals surface area contributed by atoms with Crippen LogP contribution in [0.3, 0.4) is 0 Å². The number of hydrogen-bond acceptors (Lipinski definition) is 2. The molecule has 0 radical (unpaired) electrons. The predicted molar refractivity (Wildman–Crippen MR) is 38.8 cm³/mol. The first-order valence-corrected chi connectivity index (χ1v) is 3.35. The molecule has 0 aromatic carbocycles. The van der Waals surface area contributed by atoms with Crippen LogP contribution in [-0.4, -0.2) is 9.55 Å².